The SMILES string of the molecule is CN=C(NCCc1cccc(C(=O)N(C)C)c1)NCC1(C)COC1.I. The summed E-state index contributed by atoms with van der Waals surface area (Å²) in [6.45, 7) is 5.39. The first-order valence-electron chi connectivity index (χ1n) is 8.26. The molecule has 0 bridgehead atoms. The van der Waals surface area contributed by atoms with E-state index >= 15 is 0 Å². The van der Waals surface area contributed by atoms with Crippen LogP contribution in [0, 0.1) is 5.41 Å². The highest BCUT2D eigenvalue weighted by Gasteiger charge is 2.33. The lowest BCUT2D eigenvalue weighted by Gasteiger charge is -2.38. The van der Waals surface area contributed by atoms with Gasteiger partial charge in [-0.05, 0) is 24.1 Å². The lowest BCUT2D eigenvalue weighted by atomic mass is 9.89. The van der Waals surface area contributed by atoms with Gasteiger partial charge >= 0.3 is 0 Å². The third-order valence-electron chi connectivity index (χ3n) is 4.09. The zero-order valence-electron chi connectivity index (χ0n) is 15.5. The molecule has 0 spiro atoms. The molecule has 1 aliphatic rings. The molecule has 1 fully saturated rings. The summed E-state index contributed by atoms with van der Waals surface area (Å²) in [5, 5.41) is 6.65. The van der Waals surface area contributed by atoms with Gasteiger partial charge in [0.15, 0.2) is 5.96 Å². The van der Waals surface area contributed by atoms with E-state index in [-0.39, 0.29) is 35.3 Å². The molecule has 0 atom stereocenters. The molecule has 1 aromatic carbocycles. The fourth-order valence-electron chi connectivity index (χ4n) is 2.51. The van der Waals surface area contributed by atoms with Crippen molar-refractivity contribution >= 4 is 35.8 Å². The molecule has 0 aromatic heterocycles. The number of guanidine groups is 1. The summed E-state index contributed by atoms with van der Waals surface area (Å²) >= 11 is 0. The van der Waals surface area contributed by atoms with E-state index in [1.165, 1.54) is 0 Å². The van der Waals surface area contributed by atoms with Crippen molar-refractivity contribution in [1.29, 1.82) is 0 Å². The number of aliphatic imine (C=N–C) groups is 1. The fourth-order valence-corrected chi connectivity index (χ4v) is 2.51. The molecule has 1 saturated heterocycles. The van der Waals surface area contributed by atoms with E-state index in [0.717, 1.165) is 49.8 Å². The van der Waals surface area contributed by atoms with Gasteiger partial charge in [-0.2, -0.15) is 0 Å². The van der Waals surface area contributed by atoms with Crippen LogP contribution in [-0.2, 0) is 11.2 Å². The van der Waals surface area contributed by atoms with Crippen molar-refractivity contribution in [3.8, 4) is 0 Å². The molecule has 6 nitrogen and oxygen atoms in total. The smallest absolute Gasteiger partial charge is 0.253 e. The molecule has 140 valence electrons. The van der Waals surface area contributed by atoms with Gasteiger partial charge in [0.05, 0.1) is 13.2 Å². The van der Waals surface area contributed by atoms with Gasteiger partial charge in [-0.1, -0.05) is 19.1 Å². The van der Waals surface area contributed by atoms with Crippen molar-refractivity contribution in [2.24, 2.45) is 10.4 Å². The van der Waals surface area contributed by atoms with E-state index in [1.54, 1.807) is 26.0 Å². The van der Waals surface area contributed by atoms with Crippen molar-refractivity contribution in [3.63, 3.8) is 0 Å². The zero-order chi connectivity index (χ0) is 17.6. The normalized spacial score (nSPS) is 15.6. The monoisotopic (exact) mass is 460 g/mol. The summed E-state index contributed by atoms with van der Waals surface area (Å²) < 4.78 is 5.26. The van der Waals surface area contributed by atoms with E-state index in [4.69, 9.17) is 4.74 Å². The van der Waals surface area contributed by atoms with Gasteiger partial charge in [-0.15, -0.1) is 24.0 Å². The summed E-state index contributed by atoms with van der Waals surface area (Å²) in [5.74, 6) is 0.821. The van der Waals surface area contributed by atoms with Gasteiger partial charge in [0.2, 0.25) is 0 Å². The first-order valence-corrected chi connectivity index (χ1v) is 8.26. The van der Waals surface area contributed by atoms with E-state index < -0.39 is 0 Å². The van der Waals surface area contributed by atoms with Gasteiger partial charge in [0.25, 0.3) is 5.91 Å². The Bertz CT molecular complexity index is 600. The van der Waals surface area contributed by atoms with Crippen molar-refractivity contribution in [3.05, 3.63) is 35.4 Å². The van der Waals surface area contributed by atoms with Gasteiger partial charge in [0, 0.05) is 45.2 Å². The quantitative estimate of drug-likeness (QED) is 0.386. The van der Waals surface area contributed by atoms with Crippen LogP contribution in [0.4, 0.5) is 0 Å². The fraction of sp³-hybridized carbons (Fsp3) is 0.556. The third kappa shape index (κ3) is 6.47. The summed E-state index contributed by atoms with van der Waals surface area (Å²) in [4.78, 5) is 17.8. The maximum atomic E-state index is 12.0. The summed E-state index contributed by atoms with van der Waals surface area (Å²) in [5.41, 5.74) is 2.06. The minimum absolute atomic E-state index is 0. The third-order valence-corrected chi connectivity index (χ3v) is 4.09. The number of nitrogens with zero attached hydrogens (tertiary/aromatic N) is 2. The molecule has 2 N–H and O–H groups in total. The zero-order valence-corrected chi connectivity index (χ0v) is 17.8. The van der Waals surface area contributed by atoms with E-state index in [1.807, 2.05) is 24.3 Å². The molecule has 25 heavy (non-hydrogen) atoms. The minimum Gasteiger partial charge on any atom is -0.380 e. The van der Waals surface area contributed by atoms with Crippen molar-refractivity contribution in [1.82, 2.24) is 15.5 Å². The number of carbonyl (C=O) groups excluding carboxylic acids is 1. The number of ether oxygens (including phenoxy) is 1. The molecule has 0 unspecified atom stereocenters. The predicted molar refractivity (Wildman–Crippen MR) is 112 cm³/mol. The molecule has 1 aliphatic heterocycles. The van der Waals surface area contributed by atoms with Crippen LogP contribution in [0.1, 0.15) is 22.8 Å². The topological polar surface area (TPSA) is 66.0 Å². The molecule has 0 saturated carbocycles. The van der Waals surface area contributed by atoms with Gasteiger partial charge < -0.3 is 20.3 Å². The average molecular weight is 460 g/mol. The Hall–Kier alpha value is -1.35. The Morgan fingerprint density at radius 2 is 2.04 bits per heavy atom. The van der Waals surface area contributed by atoms with Gasteiger partial charge in [-0.25, -0.2) is 0 Å². The first-order chi connectivity index (χ1) is 11.4. The van der Waals surface area contributed by atoms with Crippen LogP contribution in [0.25, 0.3) is 0 Å². The Morgan fingerprint density at radius 1 is 1.32 bits per heavy atom. The molecule has 7 heteroatoms. The molecule has 1 amide bonds. The first kappa shape index (κ1) is 21.7. The van der Waals surface area contributed by atoms with E-state index in [2.05, 4.69) is 22.5 Å². The van der Waals surface area contributed by atoms with Crippen LogP contribution < -0.4 is 10.6 Å². The van der Waals surface area contributed by atoms with Crippen LogP contribution in [0.2, 0.25) is 0 Å². The van der Waals surface area contributed by atoms with Crippen molar-refractivity contribution < 1.29 is 9.53 Å². The molecule has 0 radical (unpaired) electrons. The highest BCUT2D eigenvalue weighted by molar-refractivity contribution is 14.0. The maximum Gasteiger partial charge on any atom is 0.253 e. The second-order valence-electron chi connectivity index (χ2n) is 6.81. The number of hydrogen-bond donors (Lipinski definition) is 2. The van der Waals surface area contributed by atoms with Crippen molar-refractivity contribution in [2.75, 3.05) is 47.4 Å². The van der Waals surface area contributed by atoms with Gasteiger partial charge in [-0.3, -0.25) is 9.79 Å². The van der Waals surface area contributed by atoms with Crippen molar-refractivity contribution in [2.45, 2.75) is 13.3 Å². The summed E-state index contributed by atoms with van der Waals surface area (Å²) in [6.07, 6.45) is 0.829. The second-order valence-corrected chi connectivity index (χ2v) is 6.81. The number of rotatable bonds is 6. The number of nitrogens with one attached hydrogen (secondary N) is 2. The average Bonchev–Trinajstić information content (AvgIpc) is 2.55. The summed E-state index contributed by atoms with van der Waals surface area (Å²) in [7, 11) is 5.30. The Balaban J connectivity index is 0.00000312. The lowest BCUT2D eigenvalue weighted by molar-refractivity contribution is -0.0971. The van der Waals surface area contributed by atoms with Crippen LogP contribution in [0.5, 0.6) is 0 Å². The number of amides is 1. The molecule has 0 aliphatic carbocycles. The molecule has 1 heterocycles. The highest BCUT2D eigenvalue weighted by Crippen LogP contribution is 2.24. The van der Waals surface area contributed by atoms with Crippen LogP contribution in [0.3, 0.4) is 0 Å². The van der Waals surface area contributed by atoms with Crippen LogP contribution in [-0.4, -0.2) is 64.2 Å². The predicted octanol–water partition coefficient (Wildman–Crippen LogP) is 1.75. The second kappa shape index (κ2) is 9.96. The Morgan fingerprint density at radius 3 is 2.60 bits per heavy atom. The number of benzene rings is 1. The van der Waals surface area contributed by atoms with E-state index in [0.29, 0.717) is 0 Å². The molecular formula is C18H29IN4O2. The van der Waals surface area contributed by atoms with Crippen LogP contribution >= 0.6 is 24.0 Å². The van der Waals surface area contributed by atoms with Gasteiger partial charge in [0.1, 0.15) is 0 Å². The lowest BCUT2D eigenvalue weighted by Crippen LogP contribution is -2.51. The molecule has 1 aromatic rings. The number of halogens is 1. The van der Waals surface area contributed by atoms with Crippen LogP contribution in [0.15, 0.2) is 29.3 Å². The Kier molecular flexibility index (Phi) is 8.64. The highest BCUT2D eigenvalue weighted by atomic mass is 127. The minimum atomic E-state index is 0. The number of carbonyl (C=O) groups is 1. The largest absolute Gasteiger partial charge is 0.380 e. The molecule has 2 rings (SSSR count). The standard InChI is InChI=1S/C18H28N4O2.HI/c1-18(12-24-13-18)11-21-17(19-2)20-9-8-14-6-5-7-15(10-14)16(23)22(3)4;/h5-7,10H,8-9,11-13H2,1-4H3,(H2,19,20,21);1H. The maximum absolute atomic E-state index is 12.0. The summed E-state index contributed by atoms with van der Waals surface area (Å²) in [6, 6.07) is 7.77. The molecular weight excluding hydrogens is 431 g/mol. The number of hydrogen-bond acceptors (Lipinski definition) is 3. The van der Waals surface area contributed by atoms with E-state index in [9.17, 15) is 4.79 Å². The Labute approximate surface area is 167 Å².